The van der Waals surface area contributed by atoms with E-state index in [1.807, 2.05) is 0 Å². The first-order chi connectivity index (χ1) is 11.5. The smallest absolute Gasteiger partial charge is 0.323 e. The van der Waals surface area contributed by atoms with Gasteiger partial charge >= 0.3 is 6.03 Å². The van der Waals surface area contributed by atoms with Gasteiger partial charge in [0, 0.05) is 24.6 Å². The summed E-state index contributed by atoms with van der Waals surface area (Å²) in [6.45, 7) is 2.70. The van der Waals surface area contributed by atoms with Crippen molar-refractivity contribution in [2.45, 2.75) is 19.8 Å². The van der Waals surface area contributed by atoms with E-state index in [2.05, 4.69) is 10.5 Å². The summed E-state index contributed by atoms with van der Waals surface area (Å²) >= 11 is 0. The molecule has 128 valence electrons. The third-order valence-electron chi connectivity index (χ3n) is 4.42. The van der Waals surface area contributed by atoms with Crippen LogP contribution in [0.15, 0.2) is 34.9 Å². The maximum Gasteiger partial charge on any atom is 0.323 e. The van der Waals surface area contributed by atoms with Crippen LogP contribution in [0, 0.1) is 18.2 Å². The lowest BCUT2D eigenvalue weighted by molar-refractivity contribution is 0.132. The molecule has 2 N–H and O–H groups in total. The molecular weight excluding hydrogens is 313 g/mol. The number of carbonyl (C=O) groups excluding carboxylic acids is 1. The molecule has 0 aliphatic carbocycles. The van der Waals surface area contributed by atoms with Crippen LogP contribution in [0.25, 0.3) is 0 Å². The second-order valence-electron chi connectivity index (χ2n) is 6.39. The molecular formula is C17H20FN3O3. The van der Waals surface area contributed by atoms with Gasteiger partial charge in [-0.05, 0) is 37.5 Å². The number of halogens is 1. The zero-order valence-corrected chi connectivity index (χ0v) is 13.5. The van der Waals surface area contributed by atoms with Crippen LogP contribution in [0.3, 0.4) is 0 Å². The predicted octanol–water partition coefficient (Wildman–Crippen LogP) is 2.58. The van der Waals surface area contributed by atoms with Gasteiger partial charge in [-0.1, -0.05) is 17.3 Å². The molecule has 1 atom stereocenters. The molecule has 0 radical (unpaired) electrons. The highest BCUT2D eigenvalue weighted by Crippen LogP contribution is 2.34. The van der Waals surface area contributed by atoms with Gasteiger partial charge in [0.15, 0.2) is 5.82 Å². The molecule has 2 heterocycles. The average molecular weight is 333 g/mol. The van der Waals surface area contributed by atoms with Crippen LogP contribution in [0.2, 0.25) is 0 Å². The number of nitrogens with one attached hydrogen (secondary N) is 1. The van der Waals surface area contributed by atoms with Gasteiger partial charge in [-0.25, -0.2) is 9.18 Å². The van der Waals surface area contributed by atoms with Gasteiger partial charge in [0.2, 0.25) is 0 Å². The third kappa shape index (κ3) is 3.56. The van der Waals surface area contributed by atoms with E-state index < -0.39 is 5.41 Å². The van der Waals surface area contributed by atoms with Crippen molar-refractivity contribution >= 4 is 11.8 Å². The van der Waals surface area contributed by atoms with E-state index in [9.17, 15) is 14.3 Å². The van der Waals surface area contributed by atoms with Crippen molar-refractivity contribution in [3.8, 4) is 0 Å². The number of rotatable bonds is 4. The van der Waals surface area contributed by atoms with Crippen LogP contribution >= 0.6 is 0 Å². The number of carbonyl (C=O) groups is 1. The molecule has 2 aromatic rings. The lowest BCUT2D eigenvalue weighted by atomic mass is 9.81. The number of aryl methyl sites for hydroxylation is 1. The van der Waals surface area contributed by atoms with Crippen LogP contribution in [0.5, 0.6) is 0 Å². The molecule has 0 saturated carbocycles. The number of aliphatic hydroxyl groups is 1. The molecule has 1 aliphatic heterocycles. The van der Waals surface area contributed by atoms with Crippen LogP contribution in [0.4, 0.5) is 15.0 Å². The van der Waals surface area contributed by atoms with Crippen molar-refractivity contribution in [1.82, 2.24) is 10.1 Å². The first-order valence-electron chi connectivity index (χ1n) is 7.84. The molecule has 1 aromatic carbocycles. The minimum Gasteiger partial charge on any atom is -0.396 e. The lowest BCUT2D eigenvalue weighted by Gasteiger charge is -2.27. The van der Waals surface area contributed by atoms with E-state index in [1.54, 1.807) is 30.0 Å². The molecule has 0 bridgehead atoms. The summed E-state index contributed by atoms with van der Waals surface area (Å²) in [7, 11) is 0. The lowest BCUT2D eigenvalue weighted by Crippen LogP contribution is -2.37. The van der Waals surface area contributed by atoms with Gasteiger partial charge in [0.25, 0.3) is 0 Å². The second-order valence-corrected chi connectivity index (χ2v) is 6.39. The Kier molecular flexibility index (Phi) is 4.53. The quantitative estimate of drug-likeness (QED) is 0.901. The highest BCUT2D eigenvalue weighted by Gasteiger charge is 2.39. The molecule has 24 heavy (non-hydrogen) atoms. The zero-order chi connectivity index (χ0) is 17.2. The van der Waals surface area contributed by atoms with E-state index in [0.717, 1.165) is 5.56 Å². The predicted molar refractivity (Wildman–Crippen MR) is 86.1 cm³/mol. The normalized spacial score (nSPS) is 20.4. The number of aromatic nitrogens is 1. The molecule has 3 rings (SSSR count). The van der Waals surface area contributed by atoms with Crippen LogP contribution in [0.1, 0.15) is 17.7 Å². The van der Waals surface area contributed by atoms with E-state index in [-0.39, 0.29) is 18.5 Å². The maximum absolute atomic E-state index is 13.0. The Morgan fingerprint density at radius 2 is 2.21 bits per heavy atom. The summed E-state index contributed by atoms with van der Waals surface area (Å²) in [5, 5.41) is 16.3. The fourth-order valence-corrected chi connectivity index (χ4v) is 3.09. The van der Waals surface area contributed by atoms with Gasteiger partial charge < -0.3 is 14.5 Å². The number of nitrogens with zero attached hydrogens (tertiary/aromatic N) is 2. The molecule has 1 fully saturated rings. The van der Waals surface area contributed by atoms with Gasteiger partial charge in [-0.2, -0.15) is 0 Å². The van der Waals surface area contributed by atoms with Gasteiger partial charge in [-0.15, -0.1) is 0 Å². The Bertz CT molecular complexity index is 716. The average Bonchev–Trinajstić information content (AvgIpc) is 3.17. The monoisotopic (exact) mass is 333 g/mol. The molecule has 1 unspecified atom stereocenters. The molecule has 1 aromatic heterocycles. The van der Waals surface area contributed by atoms with Gasteiger partial charge in [0.05, 0.1) is 6.61 Å². The summed E-state index contributed by atoms with van der Waals surface area (Å²) in [5.74, 6) is 0.706. The first-order valence-corrected chi connectivity index (χ1v) is 7.84. The highest BCUT2D eigenvalue weighted by atomic mass is 19.1. The molecule has 0 spiro atoms. The number of anilines is 1. The van der Waals surface area contributed by atoms with E-state index in [1.165, 1.54) is 12.1 Å². The number of likely N-dealkylation sites (tertiary alicyclic amines) is 1. The number of aliphatic hydroxyl groups excluding tert-OH is 1. The number of amides is 2. The van der Waals surface area contributed by atoms with Crippen LogP contribution in [-0.2, 0) is 6.42 Å². The van der Waals surface area contributed by atoms with Crippen molar-refractivity contribution in [2.75, 3.05) is 25.0 Å². The molecule has 2 amide bonds. The topological polar surface area (TPSA) is 78.6 Å². The maximum atomic E-state index is 13.0. The Morgan fingerprint density at radius 1 is 1.46 bits per heavy atom. The van der Waals surface area contributed by atoms with Crippen molar-refractivity contribution in [1.29, 1.82) is 0 Å². The van der Waals surface area contributed by atoms with E-state index in [4.69, 9.17) is 4.52 Å². The molecule has 1 aliphatic rings. The third-order valence-corrected chi connectivity index (χ3v) is 4.42. The molecule has 7 heteroatoms. The Labute approximate surface area is 139 Å². The standard InChI is InChI=1S/C17H20FN3O3/c1-12-8-15(20-24-12)19-16(23)21-7-6-17(10-21,11-22)9-13-2-4-14(18)5-3-13/h2-5,8,22H,6-7,9-11H2,1H3,(H,19,20,23). The van der Waals surface area contributed by atoms with Crippen LogP contribution in [-0.4, -0.2) is 40.9 Å². The Balaban J connectivity index is 1.64. The second kappa shape index (κ2) is 6.60. The Morgan fingerprint density at radius 3 is 2.83 bits per heavy atom. The number of hydrogen-bond acceptors (Lipinski definition) is 4. The highest BCUT2D eigenvalue weighted by molar-refractivity contribution is 5.88. The minimum atomic E-state index is -0.408. The molecule has 6 nitrogen and oxygen atoms in total. The van der Waals surface area contributed by atoms with Crippen molar-refractivity contribution in [3.63, 3.8) is 0 Å². The summed E-state index contributed by atoms with van der Waals surface area (Å²) in [6.07, 6.45) is 1.28. The first kappa shape index (κ1) is 16.4. The minimum absolute atomic E-state index is 0.0305. The summed E-state index contributed by atoms with van der Waals surface area (Å²) < 4.78 is 18.0. The Hall–Kier alpha value is -2.41. The van der Waals surface area contributed by atoms with Crippen molar-refractivity contribution in [3.05, 3.63) is 47.5 Å². The van der Waals surface area contributed by atoms with E-state index >= 15 is 0 Å². The number of urea groups is 1. The summed E-state index contributed by atoms with van der Waals surface area (Å²) in [6, 6.07) is 7.63. The summed E-state index contributed by atoms with van der Waals surface area (Å²) in [5.41, 5.74) is 0.536. The number of hydrogen-bond donors (Lipinski definition) is 2. The number of benzene rings is 1. The van der Waals surface area contributed by atoms with Gasteiger partial charge in [0.1, 0.15) is 11.6 Å². The van der Waals surface area contributed by atoms with E-state index in [0.29, 0.717) is 37.5 Å². The fraction of sp³-hybridized carbons (Fsp3) is 0.412. The SMILES string of the molecule is Cc1cc(NC(=O)N2CCC(CO)(Cc3ccc(F)cc3)C2)no1. The summed E-state index contributed by atoms with van der Waals surface area (Å²) in [4.78, 5) is 14.0. The van der Waals surface area contributed by atoms with Crippen molar-refractivity contribution in [2.24, 2.45) is 5.41 Å². The zero-order valence-electron chi connectivity index (χ0n) is 13.5. The van der Waals surface area contributed by atoms with Gasteiger partial charge in [-0.3, -0.25) is 5.32 Å². The van der Waals surface area contributed by atoms with Crippen molar-refractivity contribution < 1.29 is 18.8 Å². The van der Waals surface area contributed by atoms with Crippen LogP contribution < -0.4 is 5.32 Å². The fourth-order valence-electron chi connectivity index (χ4n) is 3.09. The molecule has 1 saturated heterocycles. The largest absolute Gasteiger partial charge is 0.396 e.